The zero-order chi connectivity index (χ0) is 15.0. The monoisotopic (exact) mass is 311 g/mol. The number of aromatic nitrogens is 2. The van der Waals surface area contributed by atoms with Crippen LogP contribution in [0.3, 0.4) is 0 Å². The third-order valence-corrected chi connectivity index (χ3v) is 2.56. The van der Waals surface area contributed by atoms with Crippen molar-refractivity contribution in [2.75, 3.05) is 25.1 Å². The fourth-order valence-corrected chi connectivity index (χ4v) is 1.56. The van der Waals surface area contributed by atoms with E-state index in [1.54, 1.807) is 0 Å². The molecule has 0 aliphatic rings. The Morgan fingerprint density at radius 2 is 1.95 bits per heavy atom. The van der Waals surface area contributed by atoms with E-state index in [1.165, 1.54) is 6.07 Å². The van der Waals surface area contributed by atoms with E-state index in [2.05, 4.69) is 22.2 Å². The normalized spacial score (nSPS) is 11.7. The first-order chi connectivity index (χ1) is 9.43. The van der Waals surface area contributed by atoms with Crippen molar-refractivity contribution in [2.24, 2.45) is 0 Å². The number of hydrogen-bond acceptors (Lipinski definition) is 4. The topological polar surface area (TPSA) is 47.0 Å². The first-order valence-corrected chi connectivity index (χ1v) is 6.74. The summed E-state index contributed by atoms with van der Waals surface area (Å²) < 4.78 is 42.8. The number of hydrogen-bond donors (Lipinski definition) is 1. The van der Waals surface area contributed by atoms with Gasteiger partial charge >= 0.3 is 6.18 Å². The van der Waals surface area contributed by atoms with E-state index in [0.717, 1.165) is 12.8 Å². The van der Waals surface area contributed by atoms with E-state index in [0.29, 0.717) is 26.2 Å². The van der Waals surface area contributed by atoms with Gasteiger partial charge in [-0.05, 0) is 12.8 Å². The van der Waals surface area contributed by atoms with Crippen molar-refractivity contribution in [1.82, 2.24) is 9.97 Å². The molecule has 0 bridgehead atoms. The van der Waals surface area contributed by atoms with Crippen LogP contribution >= 0.6 is 11.6 Å². The maximum atomic E-state index is 12.5. The second-order valence-corrected chi connectivity index (χ2v) is 4.53. The van der Waals surface area contributed by atoms with Crippen LogP contribution in [0.4, 0.5) is 19.0 Å². The Bertz CT molecular complexity index is 415. The SMILES string of the molecule is CCCCOCCCNc1cc(Cl)nc(C(F)(F)F)n1. The first-order valence-electron chi connectivity index (χ1n) is 6.37. The average molecular weight is 312 g/mol. The van der Waals surface area contributed by atoms with Crippen LogP contribution in [0.15, 0.2) is 6.07 Å². The van der Waals surface area contributed by atoms with Crippen molar-refractivity contribution >= 4 is 17.4 Å². The highest BCUT2D eigenvalue weighted by atomic mass is 35.5. The molecule has 8 heteroatoms. The number of halogens is 4. The molecule has 4 nitrogen and oxygen atoms in total. The van der Waals surface area contributed by atoms with Crippen molar-refractivity contribution in [1.29, 1.82) is 0 Å². The molecule has 0 aliphatic carbocycles. The van der Waals surface area contributed by atoms with E-state index in [1.807, 2.05) is 0 Å². The standard InChI is InChI=1S/C12H17ClF3N3O/c1-2-3-6-20-7-4-5-17-10-8-9(13)18-11(19-10)12(14,15)16/h8H,2-7H2,1H3,(H,17,18,19). The Hall–Kier alpha value is -1.08. The van der Waals surface area contributed by atoms with E-state index in [-0.39, 0.29) is 11.0 Å². The van der Waals surface area contributed by atoms with Crippen LogP contribution in [0.2, 0.25) is 5.15 Å². The highest BCUT2D eigenvalue weighted by Crippen LogP contribution is 2.28. The lowest BCUT2D eigenvalue weighted by atomic mass is 10.3. The minimum absolute atomic E-state index is 0.0610. The Balaban J connectivity index is 2.39. The van der Waals surface area contributed by atoms with Crippen LogP contribution in [0.1, 0.15) is 32.0 Å². The molecule has 0 spiro atoms. The highest BCUT2D eigenvalue weighted by molar-refractivity contribution is 6.29. The number of unbranched alkanes of at least 4 members (excludes halogenated alkanes) is 1. The molecule has 1 aromatic rings. The van der Waals surface area contributed by atoms with E-state index in [4.69, 9.17) is 16.3 Å². The molecule has 114 valence electrons. The summed E-state index contributed by atoms with van der Waals surface area (Å²) in [5, 5.41) is 2.53. The van der Waals surface area contributed by atoms with Crippen LogP contribution in [0, 0.1) is 0 Å². The fraction of sp³-hybridized carbons (Fsp3) is 0.667. The smallest absolute Gasteiger partial charge is 0.381 e. The molecule has 0 atom stereocenters. The van der Waals surface area contributed by atoms with Crippen LogP contribution < -0.4 is 5.32 Å². The van der Waals surface area contributed by atoms with E-state index >= 15 is 0 Å². The van der Waals surface area contributed by atoms with Gasteiger partial charge in [-0.1, -0.05) is 24.9 Å². The van der Waals surface area contributed by atoms with Gasteiger partial charge in [-0.3, -0.25) is 0 Å². The quantitative estimate of drug-likeness (QED) is 0.586. The second-order valence-electron chi connectivity index (χ2n) is 4.14. The Morgan fingerprint density at radius 3 is 2.60 bits per heavy atom. The largest absolute Gasteiger partial charge is 0.451 e. The molecule has 0 saturated carbocycles. The molecular formula is C12H17ClF3N3O. The molecule has 0 unspecified atom stereocenters. The van der Waals surface area contributed by atoms with Gasteiger partial charge in [-0.2, -0.15) is 13.2 Å². The van der Waals surface area contributed by atoms with Crippen molar-refractivity contribution in [3.63, 3.8) is 0 Å². The summed E-state index contributed by atoms with van der Waals surface area (Å²) >= 11 is 5.54. The van der Waals surface area contributed by atoms with E-state index < -0.39 is 12.0 Å². The van der Waals surface area contributed by atoms with Crippen molar-refractivity contribution in [3.8, 4) is 0 Å². The molecular weight excluding hydrogens is 295 g/mol. The third-order valence-electron chi connectivity index (χ3n) is 2.36. The molecule has 0 radical (unpaired) electrons. The second kappa shape index (κ2) is 8.26. The van der Waals surface area contributed by atoms with Crippen molar-refractivity contribution in [3.05, 3.63) is 17.0 Å². The van der Waals surface area contributed by atoms with Gasteiger partial charge in [-0.25, -0.2) is 9.97 Å². The lowest BCUT2D eigenvalue weighted by Gasteiger charge is -2.09. The van der Waals surface area contributed by atoms with Crippen LogP contribution in [-0.4, -0.2) is 29.7 Å². The number of anilines is 1. The third kappa shape index (κ3) is 6.38. The molecule has 0 fully saturated rings. The number of ether oxygens (including phenoxy) is 1. The summed E-state index contributed by atoms with van der Waals surface area (Å²) in [5.74, 6) is -1.18. The summed E-state index contributed by atoms with van der Waals surface area (Å²) in [7, 11) is 0. The molecule has 0 aromatic carbocycles. The van der Waals surface area contributed by atoms with Crippen LogP contribution in [0.5, 0.6) is 0 Å². The maximum absolute atomic E-state index is 12.5. The lowest BCUT2D eigenvalue weighted by Crippen LogP contribution is -2.14. The summed E-state index contributed by atoms with van der Waals surface area (Å²) in [6, 6.07) is 1.26. The van der Waals surface area contributed by atoms with Crippen LogP contribution in [-0.2, 0) is 10.9 Å². The molecule has 0 amide bonds. The van der Waals surface area contributed by atoms with Gasteiger partial charge in [0.25, 0.3) is 0 Å². The van der Waals surface area contributed by atoms with Gasteiger partial charge < -0.3 is 10.1 Å². The maximum Gasteiger partial charge on any atom is 0.451 e. The van der Waals surface area contributed by atoms with Gasteiger partial charge in [-0.15, -0.1) is 0 Å². The summed E-state index contributed by atoms with van der Waals surface area (Å²) in [6.45, 7) is 3.78. The molecule has 1 aromatic heterocycles. The summed E-state index contributed by atoms with van der Waals surface area (Å²) in [5.41, 5.74) is 0. The minimum Gasteiger partial charge on any atom is -0.381 e. The molecule has 20 heavy (non-hydrogen) atoms. The molecule has 1 heterocycles. The van der Waals surface area contributed by atoms with E-state index in [9.17, 15) is 13.2 Å². The Labute approximate surface area is 120 Å². The van der Waals surface area contributed by atoms with Crippen molar-refractivity contribution < 1.29 is 17.9 Å². The number of alkyl halides is 3. The summed E-state index contributed by atoms with van der Waals surface area (Å²) in [4.78, 5) is 6.53. The number of nitrogens with one attached hydrogen (secondary N) is 1. The molecule has 0 aliphatic heterocycles. The van der Waals surface area contributed by atoms with Gasteiger partial charge in [0.1, 0.15) is 11.0 Å². The first kappa shape index (κ1) is 17.0. The molecule has 0 saturated heterocycles. The predicted molar refractivity (Wildman–Crippen MR) is 70.9 cm³/mol. The lowest BCUT2D eigenvalue weighted by molar-refractivity contribution is -0.144. The summed E-state index contributed by atoms with van der Waals surface area (Å²) in [6.07, 6.45) is -1.86. The van der Waals surface area contributed by atoms with Crippen LogP contribution in [0.25, 0.3) is 0 Å². The van der Waals surface area contributed by atoms with Gasteiger partial charge in [0.2, 0.25) is 5.82 Å². The highest BCUT2D eigenvalue weighted by Gasteiger charge is 2.35. The van der Waals surface area contributed by atoms with Gasteiger partial charge in [0.15, 0.2) is 0 Å². The number of nitrogens with zero attached hydrogens (tertiary/aromatic N) is 2. The molecule has 1 rings (SSSR count). The minimum atomic E-state index is -4.61. The van der Waals surface area contributed by atoms with Gasteiger partial charge in [0.05, 0.1) is 0 Å². The zero-order valence-corrected chi connectivity index (χ0v) is 11.9. The predicted octanol–water partition coefficient (Wildman–Crippen LogP) is 3.77. The fourth-order valence-electron chi connectivity index (χ4n) is 1.37. The Morgan fingerprint density at radius 1 is 1.25 bits per heavy atom. The molecule has 1 N–H and O–H groups in total. The number of rotatable bonds is 8. The van der Waals surface area contributed by atoms with Gasteiger partial charge in [0, 0.05) is 25.8 Å². The average Bonchev–Trinajstić information content (AvgIpc) is 2.36. The Kier molecular flexibility index (Phi) is 7.01. The van der Waals surface area contributed by atoms with Crippen molar-refractivity contribution in [2.45, 2.75) is 32.4 Å². The zero-order valence-electron chi connectivity index (χ0n) is 11.1.